The van der Waals surface area contributed by atoms with E-state index >= 15 is 0 Å². The predicted molar refractivity (Wildman–Crippen MR) is 48.1 cm³/mol. The molecule has 3 rings (SSSR count). The molecular weight excluding hydrogens is 150 g/mol. The van der Waals surface area contributed by atoms with E-state index in [1.807, 2.05) is 0 Å². The summed E-state index contributed by atoms with van der Waals surface area (Å²) in [6.07, 6.45) is 4.33. The Bertz CT molecular complexity index is 214. The quantitative estimate of drug-likeness (QED) is 0.587. The van der Waals surface area contributed by atoms with Gasteiger partial charge in [0.1, 0.15) is 0 Å². The zero-order chi connectivity index (χ0) is 7.97. The van der Waals surface area contributed by atoms with Gasteiger partial charge in [0.15, 0.2) is 5.96 Å². The average molecular weight is 165 g/mol. The molecule has 2 N–H and O–H groups in total. The fourth-order valence-corrected chi connectivity index (χ4v) is 2.69. The molecule has 2 unspecified atom stereocenters. The Labute approximate surface area is 72.6 Å². The molecule has 66 valence electrons. The minimum atomic E-state index is 0.767. The van der Waals surface area contributed by atoms with Gasteiger partial charge in [-0.1, -0.05) is 6.42 Å². The normalized spacial score (nSPS) is 43.3. The summed E-state index contributed by atoms with van der Waals surface area (Å²) in [4.78, 5) is 4.34. The molecule has 0 saturated heterocycles. The molecule has 0 bridgehead atoms. The minimum absolute atomic E-state index is 0.767. The zero-order valence-electron chi connectivity index (χ0n) is 7.21. The number of nitrogens with one attached hydrogen (secondary N) is 2. The molecule has 0 aromatic heterocycles. The van der Waals surface area contributed by atoms with Gasteiger partial charge in [0.05, 0.1) is 6.54 Å². The maximum absolute atomic E-state index is 4.34. The van der Waals surface area contributed by atoms with E-state index in [4.69, 9.17) is 0 Å². The number of nitrogens with zero attached hydrogens (tertiary/aromatic N) is 1. The molecule has 2 aliphatic carbocycles. The second-order valence-electron chi connectivity index (χ2n) is 4.09. The van der Waals surface area contributed by atoms with E-state index in [1.165, 1.54) is 19.3 Å². The SMILES string of the molecule is C1CC2C(C1)C2NC1=NCCN1. The Morgan fingerprint density at radius 2 is 2.17 bits per heavy atom. The third-order valence-corrected chi connectivity index (χ3v) is 3.38. The monoisotopic (exact) mass is 165 g/mol. The smallest absolute Gasteiger partial charge is 0.191 e. The molecule has 0 radical (unpaired) electrons. The van der Waals surface area contributed by atoms with Crippen molar-refractivity contribution in [3.05, 3.63) is 0 Å². The lowest BCUT2D eigenvalue weighted by Gasteiger charge is -2.07. The van der Waals surface area contributed by atoms with E-state index < -0.39 is 0 Å². The Kier molecular flexibility index (Phi) is 1.34. The van der Waals surface area contributed by atoms with Crippen LogP contribution in [0.25, 0.3) is 0 Å². The van der Waals surface area contributed by atoms with Gasteiger partial charge in [0, 0.05) is 12.6 Å². The summed E-state index contributed by atoms with van der Waals surface area (Å²) in [6.45, 7) is 1.97. The van der Waals surface area contributed by atoms with E-state index in [-0.39, 0.29) is 0 Å². The summed E-state index contributed by atoms with van der Waals surface area (Å²) in [7, 11) is 0. The van der Waals surface area contributed by atoms with E-state index in [0.29, 0.717) is 0 Å². The van der Waals surface area contributed by atoms with E-state index in [9.17, 15) is 0 Å². The molecule has 0 aromatic rings. The molecule has 3 aliphatic rings. The van der Waals surface area contributed by atoms with E-state index in [1.54, 1.807) is 0 Å². The highest BCUT2D eigenvalue weighted by Gasteiger charge is 2.52. The number of guanidine groups is 1. The second-order valence-corrected chi connectivity index (χ2v) is 4.09. The van der Waals surface area contributed by atoms with Crippen LogP contribution in [0.15, 0.2) is 4.99 Å². The molecule has 0 amide bonds. The average Bonchev–Trinajstić information content (AvgIpc) is 2.59. The summed E-state index contributed by atoms with van der Waals surface area (Å²) in [5.41, 5.74) is 0. The highest BCUT2D eigenvalue weighted by molar-refractivity contribution is 5.81. The lowest BCUT2D eigenvalue weighted by atomic mass is 10.2. The standard InChI is InChI=1S/C9H15N3/c1-2-6-7(3-1)8(6)12-9-10-4-5-11-9/h6-8H,1-5H2,(H2,10,11,12). The van der Waals surface area contributed by atoms with Gasteiger partial charge in [-0.2, -0.15) is 0 Å². The first kappa shape index (κ1) is 6.75. The van der Waals surface area contributed by atoms with Gasteiger partial charge >= 0.3 is 0 Å². The van der Waals surface area contributed by atoms with Crippen molar-refractivity contribution in [3.8, 4) is 0 Å². The van der Waals surface area contributed by atoms with Crippen LogP contribution in [-0.2, 0) is 0 Å². The van der Waals surface area contributed by atoms with Gasteiger partial charge in [0.2, 0.25) is 0 Å². The molecule has 3 nitrogen and oxygen atoms in total. The molecule has 2 atom stereocenters. The minimum Gasteiger partial charge on any atom is -0.355 e. The number of rotatable bonds is 1. The summed E-state index contributed by atoms with van der Waals surface area (Å²) in [6, 6.07) is 0.767. The van der Waals surface area contributed by atoms with Crippen molar-refractivity contribution in [2.75, 3.05) is 13.1 Å². The molecule has 2 fully saturated rings. The Morgan fingerprint density at radius 1 is 1.33 bits per heavy atom. The van der Waals surface area contributed by atoms with Crippen molar-refractivity contribution >= 4 is 5.96 Å². The third kappa shape index (κ3) is 0.919. The van der Waals surface area contributed by atoms with Crippen molar-refractivity contribution in [2.24, 2.45) is 16.8 Å². The molecule has 1 heterocycles. The van der Waals surface area contributed by atoms with Gasteiger partial charge < -0.3 is 10.6 Å². The van der Waals surface area contributed by atoms with Crippen LogP contribution in [0.1, 0.15) is 19.3 Å². The van der Waals surface area contributed by atoms with Crippen molar-refractivity contribution in [1.29, 1.82) is 0 Å². The van der Waals surface area contributed by atoms with Gasteiger partial charge in [0.25, 0.3) is 0 Å². The Morgan fingerprint density at radius 3 is 2.83 bits per heavy atom. The van der Waals surface area contributed by atoms with Crippen molar-refractivity contribution < 1.29 is 0 Å². The molecule has 1 aliphatic heterocycles. The lowest BCUT2D eigenvalue weighted by Crippen LogP contribution is -2.36. The summed E-state index contributed by atoms with van der Waals surface area (Å²) in [5.74, 6) is 3.01. The van der Waals surface area contributed by atoms with Gasteiger partial charge in [-0.25, -0.2) is 0 Å². The first-order valence-corrected chi connectivity index (χ1v) is 5.00. The van der Waals surface area contributed by atoms with Crippen LogP contribution in [-0.4, -0.2) is 25.1 Å². The number of hydrogen-bond donors (Lipinski definition) is 2. The van der Waals surface area contributed by atoms with E-state index in [0.717, 1.165) is 36.9 Å². The number of hydrogen-bond acceptors (Lipinski definition) is 3. The van der Waals surface area contributed by atoms with Crippen LogP contribution in [0.4, 0.5) is 0 Å². The van der Waals surface area contributed by atoms with Crippen LogP contribution in [0.5, 0.6) is 0 Å². The number of fused-ring (bicyclic) bond motifs is 1. The highest BCUT2D eigenvalue weighted by atomic mass is 15.2. The maximum Gasteiger partial charge on any atom is 0.191 e. The van der Waals surface area contributed by atoms with Crippen LogP contribution < -0.4 is 10.6 Å². The topological polar surface area (TPSA) is 36.4 Å². The maximum atomic E-state index is 4.34. The molecular formula is C9H15N3. The largest absolute Gasteiger partial charge is 0.355 e. The molecule has 3 heteroatoms. The second kappa shape index (κ2) is 2.38. The fraction of sp³-hybridized carbons (Fsp3) is 0.889. The summed E-state index contributed by atoms with van der Waals surface area (Å²) < 4.78 is 0. The highest BCUT2D eigenvalue weighted by Crippen LogP contribution is 2.51. The van der Waals surface area contributed by atoms with Gasteiger partial charge in [-0.15, -0.1) is 0 Å². The summed E-state index contributed by atoms with van der Waals surface area (Å²) >= 11 is 0. The molecule has 12 heavy (non-hydrogen) atoms. The molecule has 2 saturated carbocycles. The zero-order valence-corrected chi connectivity index (χ0v) is 7.21. The summed E-state index contributed by atoms with van der Waals surface area (Å²) in [5, 5.41) is 6.75. The lowest BCUT2D eigenvalue weighted by molar-refractivity contribution is 0.632. The van der Waals surface area contributed by atoms with Crippen LogP contribution >= 0.6 is 0 Å². The van der Waals surface area contributed by atoms with Crippen molar-refractivity contribution in [1.82, 2.24) is 10.6 Å². The molecule has 0 aromatic carbocycles. The van der Waals surface area contributed by atoms with Crippen LogP contribution in [0.3, 0.4) is 0 Å². The van der Waals surface area contributed by atoms with Crippen LogP contribution in [0.2, 0.25) is 0 Å². The fourth-order valence-electron chi connectivity index (χ4n) is 2.69. The predicted octanol–water partition coefficient (Wildman–Crippen LogP) is 0.334. The first-order valence-electron chi connectivity index (χ1n) is 5.00. The molecule has 0 spiro atoms. The van der Waals surface area contributed by atoms with Gasteiger partial charge in [-0.05, 0) is 24.7 Å². The van der Waals surface area contributed by atoms with Crippen molar-refractivity contribution in [3.63, 3.8) is 0 Å². The Balaban J connectivity index is 1.57. The Hall–Kier alpha value is -0.730. The van der Waals surface area contributed by atoms with Crippen molar-refractivity contribution in [2.45, 2.75) is 25.3 Å². The van der Waals surface area contributed by atoms with Crippen LogP contribution in [0, 0.1) is 11.8 Å². The van der Waals surface area contributed by atoms with Gasteiger partial charge in [-0.3, -0.25) is 4.99 Å². The van der Waals surface area contributed by atoms with E-state index in [2.05, 4.69) is 15.6 Å². The first-order chi connectivity index (χ1) is 5.95. The number of aliphatic imine (C=N–C) groups is 1. The third-order valence-electron chi connectivity index (χ3n) is 3.38.